The Bertz CT molecular complexity index is 350. The Morgan fingerprint density at radius 1 is 1.47 bits per heavy atom. The van der Waals surface area contributed by atoms with Gasteiger partial charge in [-0.2, -0.15) is 5.10 Å². The van der Waals surface area contributed by atoms with Crippen molar-refractivity contribution in [1.82, 2.24) is 9.78 Å². The number of aryl methyl sites for hydroxylation is 1. The molecule has 2 aliphatic rings. The second-order valence-corrected chi connectivity index (χ2v) is 5.24. The molecule has 3 heteroatoms. The first-order chi connectivity index (χ1) is 7.22. The van der Waals surface area contributed by atoms with E-state index in [1.165, 1.54) is 19.3 Å². The molecular formula is C12H18N2O. The highest BCUT2D eigenvalue weighted by Crippen LogP contribution is 2.55. The monoisotopic (exact) mass is 206 g/mol. The summed E-state index contributed by atoms with van der Waals surface area (Å²) in [6.45, 7) is 0. The van der Waals surface area contributed by atoms with Crippen LogP contribution in [0.4, 0.5) is 0 Å². The molecule has 1 aromatic heterocycles. The number of aliphatic hydroxyl groups is 1. The number of fused-ring (bicyclic) bond motifs is 1. The molecule has 3 rings (SSSR count). The minimum absolute atomic E-state index is 0.173. The normalized spacial score (nSPS) is 35.2. The van der Waals surface area contributed by atoms with Gasteiger partial charge in [-0.25, -0.2) is 0 Å². The average Bonchev–Trinajstić information content (AvgIpc) is 2.61. The van der Waals surface area contributed by atoms with Gasteiger partial charge in [0.25, 0.3) is 0 Å². The molecule has 0 aliphatic heterocycles. The Balaban J connectivity index is 1.58. The van der Waals surface area contributed by atoms with Crippen molar-refractivity contribution >= 4 is 0 Å². The van der Waals surface area contributed by atoms with Crippen LogP contribution < -0.4 is 0 Å². The molecule has 0 spiro atoms. The zero-order chi connectivity index (χ0) is 10.4. The smallest absolute Gasteiger partial charge is 0.0650 e. The van der Waals surface area contributed by atoms with Crippen LogP contribution >= 0.6 is 0 Å². The van der Waals surface area contributed by atoms with Crippen LogP contribution in [0.1, 0.15) is 25.0 Å². The molecule has 2 aliphatic carbocycles. The number of nitrogens with zero attached hydrogens (tertiary/aromatic N) is 2. The topological polar surface area (TPSA) is 38.0 Å². The number of hydrogen-bond acceptors (Lipinski definition) is 2. The van der Waals surface area contributed by atoms with Crippen molar-refractivity contribution in [3.63, 3.8) is 0 Å². The summed E-state index contributed by atoms with van der Waals surface area (Å²) in [5.74, 6) is 2.44. The predicted molar refractivity (Wildman–Crippen MR) is 57.2 cm³/mol. The SMILES string of the molecule is Cn1ccc(CC(O)C2CC3CC3C2)n1. The third-order valence-electron chi connectivity index (χ3n) is 4.01. The van der Waals surface area contributed by atoms with Gasteiger partial charge in [0.05, 0.1) is 11.8 Å². The maximum atomic E-state index is 10.1. The van der Waals surface area contributed by atoms with E-state index in [0.29, 0.717) is 5.92 Å². The summed E-state index contributed by atoms with van der Waals surface area (Å²) >= 11 is 0. The van der Waals surface area contributed by atoms with Crippen molar-refractivity contribution in [2.45, 2.75) is 31.8 Å². The molecule has 0 bridgehead atoms. The van der Waals surface area contributed by atoms with Gasteiger partial charge in [-0.15, -0.1) is 0 Å². The third-order valence-corrected chi connectivity index (χ3v) is 4.01. The molecule has 0 radical (unpaired) electrons. The largest absolute Gasteiger partial charge is 0.392 e. The quantitative estimate of drug-likeness (QED) is 0.811. The Kier molecular flexibility index (Phi) is 2.09. The van der Waals surface area contributed by atoms with Crippen molar-refractivity contribution in [3.05, 3.63) is 18.0 Å². The van der Waals surface area contributed by atoms with Gasteiger partial charge in [-0.1, -0.05) is 0 Å². The van der Waals surface area contributed by atoms with Gasteiger partial charge in [0, 0.05) is 19.7 Å². The fraction of sp³-hybridized carbons (Fsp3) is 0.750. The van der Waals surface area contributed by atoms with Crippen LogP contribution in [0.15, 0.2) is 12.3 Å². The molecule has 3 unspecified atom stereocenters. The van der Waals surface area contributed by atoms with Crippen molar-refractivity contribution in [3.8, 4) is 0 Å². The number of aliphatic hydroxyl groups excluding tert-OH is 1. The summed E-state index contributed by atoms with van der Waals surface area (Å²) in [6, 6.07) is 2.00. The fourth-order valence-corrected chi connectivity index (χ4v) is 3.03. The second-order valence-electron chi connectivity index (χ2n) is 5.24. The highest BCUT2D eigenvalue weighted by atomic mass is 16.3. The van der Waals surface area contributed by atoms with E-state index in [9.17, 15) is 5.11 Å². The van der Waals surface area contributed by atoms with Crippen LogP contribution in [-0.4, -0.2) is 21.0 Å². The molecule has 1 N–H and O–H groups in total. The summed E-state index contributed by atoms with van der Waals surface area (Å²) in [5.41, 5.74) is 1.02. The summed E-state index contributed by atoms with van der Waals surface area (Å²) in [5, 5.41) is 14.4. The Hall–Kier alpha value is -0.830. The number of hydrogen-bond donors (Lipinski definition) is 1. The number of rotatable bonds is 3. The van der Waals surface area contributed by atoms with Gasteiger partial charge < -0.3 is 5.11 Å². The maximum absolute atomic E-state index is 10.1. The minimum atomic E-state index is -0.173. The lowest BCUT2D eigenvalue weighted by molar-refractivity contribution is 0.103. The van der Waals surface area contributed by atoms with E-state index in [2.05, 4.69) is 5.10 Å². The van der Waals surface area contributed by atoms with Crippen LogP contribution in [0.2, 0.25) is 0 Å². The molecule has 2 saturated carbocycles. The Morgan fingerprint density at radius 3 is 2.80 bits per heavy atom. The summed E-state index contributed by atoms with van der Waals surface area (Å²) < 4.78 is 1.80. The van der Waals surface area contributed by atoms with E-state index in [4.69, 9.17) is 0 Å². The van der Waals surface area contributed by atoms with Crippen LogP contribution in [0.25, 0.3) is 0 Å². The standard InChI is InChI=1S/C12H18N2O/c1-14-3-2-11(13-14)7-12(15)10-5-8-4-9(8)6-10/h2-3,8-10,12,15H,4-7H2,1H3. The van der Waals surface area contributed by atoms with Crippen molar-refractivity contribution < 1.29 is 5.11 Å². The third kappa shape index (κ3) is 1.81. The highest BCUT2D eigenvalue weighted by molar-refractivity contribution is 5.04. The zero-order valence-electron chi connectivity index (χ0n) is 9.13. The Labute approximate surface area is 90.1 Å². The molecule has 0 amide bonds. The molecule has 2 fully saturated rings. The lowest BCUT2D eigenvalue weighted by atomic mass is 9.94. The molecule has 0 saturated heterocycles. The number of aromatic nitrogens is 2. The molecule has 3 atom stereocenters. The molecular weight excluding hydrogens is 188 g/mol. The van der Waals surface area contributed by atoms with E-state index in [1.54, 1.807) is 4.68 Å². The lowest BCUT2D eigenvalue weighted by Gasteiger charge is -2.18. The maximum Gasteiger partial charge on any atom is 0.0650 e. The molecule has 1 aromatic rings. The van der Waals surface area contributed by atoms with Gasteiger partial charge in [-0.3, -0.25) is 4.68 Å². The highest BCUT2D eigenvalue weighted by Gasteiger charge is 2.47. The minimum Gasteiger partial charge on any atom is -0.392 e. The van der Waals surface area contributed by atoms with E-state index in [1.807, 2.05) is 19.3 Å². The average molecular weight is 206 g/mol. The molecule has 1 heterocycles. The van der Waals surface area contributed by atoms with E-state index in [-0.39, 0.29) is 6.10 Å². The van der Waals surface area contributed by atoms with E-state index >= 15 is 0 Å². The predicted octanol–water partition coefficient (Wildman–Crippen LogP) is 1.37. The van der Waals surface area contributed by atoms with Crippen LogP contribution in [0.3, 0.4) is 0 Å². The first kappa shape index (κ1) is 9.40. The molecule has 82 valence electrons. The second kappa shape index (κ2) is 3.34. The van der Waals surface area contributed by atoms with Crippen LogP contribution in [-0.2, 0) is 13.5 Å². The molecule has 0 aromatic carbocycles. The summed E-state index contributed by atoms with van der Waals surface area (Å²) in [4.78, 5) is 0. The summed E-state index contributed by atoms with van der Waals surface area (Å²) in [6.07, 6.45) is 6.41. The van der Waals surface area contributed by atoms with Crippen molar-refractivity contribution in [2.75, 3.05) is 0 Å². The van der Waals surface area contributed by atoms with Gasteiger partial charge in [0.1, 0.15) is 0 Å². The lowest BCUT2D eigenvalue weighted by Crippen LogP contribution is -2.22. The van der Waals surface area contributed by atoms with E-state index < -0.39 is 0 Å². The molecule has 15 heavy (non-hydrogen) atoms. The first-order valence-corrected chi connectivity index (χ1v) is 5.89. The van der Waals surface area contributed by atoms with Gasteiger partial charge in [0.2, 0.25) is 0 Å². The van der Waals surface area contributed by atoms with Crippen molar-refractivity contribution in [2.24, 2.45) is 24.8 Å². The van der Waals surface area contributed by atoms with Crippen LogP contribution in [0, 0.1) is 17.8 Å². The van der Waals surface area contributed by atoms with Gasteiger partial charge in [-0.05, 0) is 43.1 Å². The van der Waals surface area contributed by atoms with Gasteiger partial charge in [0.15, 0.2) is 0 Å². The van der Waals surface area contributed by atoms with Gasteiger partial charge >= 0.3 is 0 Å². The summed E-state index contributed by atoms with van der Waals surface area (Å²) in [7, 11) is 1.92. The zero-order valence-corrected chi connectivity index (χ0v) is 9.13. The first-order valence-electron chi connectivity index (χ1n) is 5.89. The van der Waals surface area contributed by atoms with E-state index in [0.717, 1.165) is 24.0 Å². The van der Waals surface area contributed by atoms with Crippen LogP contribution in [0.5, 0.6) is 0 Å². The fourth-order valence-electron chi connectivity index (χ4n) is 3.03. The molecule has 3 nitrogen and oxygen atoms in total. The van der Waals surface area contributed by atoms with Crippen molar-refractivity contribution in [1.29, 1.82) is 0 Å². The Morgan fingerprint density at radius 2 is 2.20 bits per heavy atom.